The Labute approximate surface area is 231 Å². The van der Waals surface area contributed by atoms with E-state index in [1.807, 2.05) is 37.0 Å². The van der Waals surface area contributed by atoms with E-state index in [1.165, 1.54) is 0 Å². The van der Waals surface area contributed by atoms with Gasteiger partial charge in [-0.05, 0) is 29.9 Å². The van der Waals surface area contributed by atoms with Crippen molar-refractivity contribution in [2.24, 2.45) is 11.8 Å². The molecule has 1 aromatic heterocycles. The minimum Gasteiger partial charge on any atom is -0.445 e. The van der Waals surface area contributed by atoms with Crippen molar-refractivity contribution in [1.82, 2.24) is 31.0 Å². The molecule has 0 aliphatic carbocycles. The fourth-order valence-electron chi connectivity index (χ4n) is 3.66. The highest BCUT2D eigenvalue weighted by molar-refractivity contribution is 5.93. The number of carbonyl (C=O) groups is 4. The molecule has 1 heterocycles. The van der Waals surface area contributed by atoms with Crippen molar-refractivity contribution < 1.29 is 23.9 Å². The molecule has 2 rings (SSSR count). The van der Waals surface area contributed by atoms with Crippen LogP contribution in [0, 0.1) is 11.8 Å². The van der Waals surface area contributed by atoms with E-state index >= 15 is 0 Å². The van der Waals surface area contributed by atoms with Crippen molar-refractivity contribution in [2.75, 3.05) is 0 Å². The van der Waals surface area contributed by atoms with Gasteiger partial charge in [-0.25, -0.2) is 14.6 Å². The van der Waals surface area contributed by atoms with Gasteiger partial charge in [0.2, 0.25) is 5.91 Å². The molecule has 2 atom stereocenters. The summed E-state index contributed by atoms with van der Waals surface area (Å²) < 4.78 is 5.23. The number of nitrogens with zero attached hydrogens (tertiary/aromatic N) is 1. The van der Waals surface area contributed by atoms with Crippen LogP contribution in [0.15, 0.2) is 58.6 Å². The summed E-state index contributed by atoms with van der Waals surface area (Å²) in [5.74, 6) is -2.44. The Morgan fingerprint density at radius 3 is 2.25 bits per heavy atom. The van der Waals surface area contributed by atoms with Crippen LogP contribution >= 0.6 is 0 Å². The molecule has 0 saturated heterocycles. The number of aromatic nitrogens is 2. The lowest BCUT2D eigenvalue weighted by atomic mass is 10.00. The largest absolute Gasteiger partial charge is 0.445 e. The summed E-state index contributed by atoms with van der Waals surface area (Å²) in [5, 5.41) is 6.06. The van der Waals surface area contributed by atoms with E-state index in [-0.39, 0.29) is 37.1 Å². The normalized spacial score (nSPS) is 12.2. The number of hydrazine groups is 1. The molecule has 0 aliphatic rings. The first kappa shape index (κ1) is 31.5. The quantitative estimate of drug-likeness (QED) is 0.191. The first-order valence-electron chi connectivity index (χ1n) is 12.7. The van der Waals surface area contributed by atoms with Crippen molar-refractivity contribution in [3.8, 4) is 0 Å². The molecule has 0 fully saturated rings. The van der Waals surface area contributed by atoms with Crippen LogP contribution in [0.25, 0.3) is 0 Å². The fraction of sp³-hybridized carbons (Fsp3) is 0.407. The Morgan fingerprint density at radius 1 is 1.00 bits per heavy atom. The first-order chi connectivity index (χ1) is 18.9. The standard InChI is InChI=1S/C27H36N6O7/c1-6-22(35)33(14-19-13-21(34)30-26(38)28-19)32-24(36)20(12-16(2)3)29-25(37)23(17(4)5)31-27(39)40-15-18-10-8-7-9-11-18/h6-11,13,16-17,20,23H,1,12,14-15H2,2-5H3,(H,29,37)(H,31,39)(H,32,36)(H2,28,30,34,38)/t20-,23-/m0/s1. The van der Waals surface area contributed by atoms with Crippen molar-refractivity contribution in [3.05, 3.63) is 81.1 Å². The number of H-pyrrole nitrogens is 2. The maximum absolute atomic E-state index is 13.2. The monoisotopic (exact) mass is 556 g/mol. The Bertz CT molecular complexity index is 1270. The third kappa shape index (κ3) is 10.2. The predicted octanol–water partition coefficient (Wildman–Crippen LogP) is 1.09. The lowest BCUT2D eigenvalue weighted by Gasteiger charge is -2.28. The molecule has 0 bridgehead atoms. The lowest BCUT2D eigenvalue weighted by molar-refractivity contribution is -0.141. The van der Waals surface area contributed by atoms with E-state index in [1.54, 1.807) is 26.0 Å². The van der Waals surface area contributed by atoms with Gasteiger partial charge in [-0.3, -0.25) is 29.6 Å². The Morgan fingerprint density at radius 2 is 1.68 bits per heavy atom. The van der Waals surface area contributed by atoms with Crippen LogP contribution in [0.3, 0.4) is 0 Å². The van der Waals surface area contributed by atoms with Gasteiger partial charge in [0, 0.05) is 11.8 Å². The van der Waals surface area contributed by atoms with Gasteiger partial charge in [-0.2, -0.15) is 0 Å². The van der Waals surface area contributed by atoms with Gasteiger partial charge in [0.1, 0.15) is 18.7 Å². The smallest absolute Gasteiger partial charge is 0.408 e. The summed E-state index contributed by atoms with van der Waals surface area (Å²) >= 11 is 0. The van der Waals surface area contributed by atoms with Crippen LogP contribution in [0.2, 0.25) is 0 Å². The molecule has 4 amide bonds. The molecule has 216 valence electrons. The summed E-state index contributed by atoms with van der Waals surface area (Å²) in [5.41, 5.74) is 1.80. The number of alkyl carbamates (subject to hydrolysis) is 1. The Kier molecular flexibility index (Phi) is 11.9. The summed E-state index contributed by atoms with van der Waals surface area (Å²) in [6.45, 7) is 10.2. The number of rotatable bonds is 12. The zero-order valence-electron chi connectivity index (χ0n) is 23.0. The van der Waals surface area contributed by atoms with E-state index in [2.05, 4.69) is 27.6 Å². The second-order valence-electron chi connectivity index (χ2n) is 9.84. The fourth-order valence-corrected chi connectivity index (χ4v) is 3.66. The van der Waals surface area contributed by atoms with Crippen LogP contribution < -0.4 is 27.3 Å². The zero-order valence-corrected chi connectivity index (χ0v) is 23.0. The maximum atomic E-state index is 13.2. The number of ether oxygens (including phenoxy) is 1. The molecule has 40 heavy (non-hydrogen) atoms. The number of amides is 4. The van der Waals surface area contributed by atoms with Crippen LogP contribution in [0.4, 0.5) is 4.79 Å². The van der Waals surface area contributed by atoms with Gasteiger partial charge in [0.05, 0.1) is 6.54 Å². The number of hydrogen-bond donors (Lipinski definition) is 5. The highest BCUT2D eigenvalue weighted by Crippen LogP contribution is 2.10. The molecule has 2 aromatic rings. The molecular weight excluding hydrogens is 520 g/mol. The summed E-state index contributed by atoms with van der Waals surface area (Å²) in [6.07, 6.45) is 0.359. The van der Waals surface area contributed by atoms with E-state index in [9.17, 15) is 28.8 Å². The SMILES string of the molecule is C=CC(=O)N(Cc1cc(=O)[nH]c(=O)[nH]1)NC(=O)[C@H](CC(C)C)NC(=O)[C@@H](NC(=O)OCc1ccccc1)C(C)C. The van der Waals surface area contributed by atoms with Gasteiger partial charge >= 0.3 is 11.8 Å². The second kappa shape index (κ2) is 15.0. The number of nitrogens with one attached hydrogen (secondary N) is 5. The average Bonchev–Trinajstić information content (AvgIpc) is 2.88. The Hall–Kier alpha value is -4.68. The average molecular weight is 557 g/mol. The zero-order chi connectivity index (χ0) is 29.8. The van der Waals surface area contributed by atoms with Gasteiger partial charge in [-0.1, -0.05) is 64.6 Å². The van der Waals surface area contributed by atoms with E-state index in [4.69, 9.17) is 4.74 Å². The molecule has 0 radical (unpaired) electrons. The lowest BCUT2D eigenvalue weighted by Crippen LogP contribution is -2.58. The van der Waals surface area contributed by atoms with Crippen LogP contribution in [-0.2, 0) is 32.3 Å². The van der Waals surface area contributed by atoms with Crippen LogP contribution in [0.5, 0.6) is 0 Å². The van der Waals surface area contributed by atoms with Crippen LogP contribution in [-0.4, -0.2) is 50.9 Å². The molecule has 13 nitrogen and oxygen atoms in total. The van der Waals surface area contributed by atoms with Crippen molar-refractivity contribution >= 4 is 23.8 Å². The highest BCUT2D eigenvalue weighted by atomic mass is 16.5. The van der Waals surface area contributed by atoms with Gasteiger partial charge in [-0.15, -0.1) is 0 Å². The van der Waals surface area contributed by atoms with Crippen molar-refractivity contribution in [3.63, 3.8) is 0 Å². The molecular formula is C27H36N6O7. The highest BCUT2D eigenvalue weighted by Gasteiger charge is 2.31. The number of hydrogen-bond acceptors (Lipinski definition) is 7. The molecule has 0 unspecified atom stereocenters. The van der Waals surface area contributed by atoms with Crippen LogP contribution in [0.1, 0.15) is 45.4 Å². The topological polar surface area (TPSA) is 183 Å². The number of aromatic amines is 2. The minimum absolute atomic E-state index is 0.0171. The van der Waals surface area contributed by atoms with Crippen molar-refractivity contribution in [2.45, 2.75) is 59.4 Å². The third-order valence-electron chi connectivity index (χ3n) is 5.61. The molecule has 0 saturated carbocycles. The van der Waals surface area contributed by atoms with E-state index in [0.29, 0.717) is 0 Å². The van der Waals surface area contributed by atoms with E-state index in [0.717, 1.165) is 22.7 Å². The summed E-state index contributed by atoms with van der Waals surface area (Å²) in [4.78, 5) is 78.9. The van der Waals surface area contributed by atoms with Crippen molar-refractivity contribution in [1.29, 1.82) is 0 Å². The maximum Gasteiger partial charge on any atom is 0.408 e. The molecule has 0 aliphatic heterocycles. The number of benzene rings is 1. The molecule has 0 spiro atoms. The third-order valence-corrected chi connectivity index (χ3v) is 5.61. The number of carbonyl (C=O) groups excluding carboxylic acids is 4. The van der Waals surface area contributed by atoms with Gasteiger partial charge in [0.15, 0.2) is 0 Å². The minimum atomic E-state index is -1.09. The molecule has 13 heteroatoms. The molecule has 1 aromatic carbocycles. The second-order valence-corrected chi connectivity index (χ2v) is 9.84. The van der Waals surface area contributed by atoms with E-state index < -0.39 is 47.1 Å². The van der Waals surface area contributed by atoms with Gasteiger partial charge < -0.3 is 20.4 Å². The predicted molar refractivity (Wildman–Crippen MR) is 146 cm³/mol. The Balaban J connectivity index is 2.14. The molecule has 5 N–H and O–H groups in total. The first-order valence-corrected chi connectivity index (χ1v) is 12.7. The summed E-state index contributed by atoms with van der Waals surface area (Å²) in [6, 6.07) is 8.01. The summed E-state index contributed by atoms with van der Waals surface area (Å²) in [7, 11) is 0. The van der Waals surface area contributed by atoms with Gasteiger partial charge in [0.25, 0.3) is 17.4 Å².